The molecule has 0 amide bonds. The van der Waals surface area contributed by atoms with Crippen LogP contribution in [0.15, 0.2) is 16.6 Å². The Morgan fingerprint density at radius 1 is 1.56 bits per heavy atom. The maximum Gasteiger partial charge on any atom is 0.335 e. The lowest BCUT2D eigenvalue weighted by molar-refractivity contribution is -0.385. The summed E-state index contributed by atoms with van der Waals surface area (Å²) in [4.78, 5) is 21.0. The van der Waals surface area contributed by atoms with Crippen LogP contribution in [0.5, 0.6) is 0 Å². The van der Waals surface area contributed by atoms with Crippen LogP contribution in [0.2, 0.25) is 0 Å². The molecule has 0 saturated carbocycles. The van der Waals surface area contributed by atoms with Crippen LogP contribution in [0.1, 0.15) is 29.3 Å². The maximum atomic E-state index is 10.8. The van der Waals surface area contributed by atoms with Crippen LogP contribution in [-0.4, -0.2) is 16.0 Å². The van der Waals surface area contributed by atoms with Gasteiger partial charge in [-0.1, -0.05) is 13.3 Å². The molecule has 16 heavy (non-hydrogen) atoms. The molecule has 0 fully saturated rings. The molecule has 1 N–H and O–H groups in total. The summed E-state index contributed by atoms with van der Waals surface area (Å²) in [6.45, 7) is 1.92. The number of nitro benzene ring substituents is 1. The number of carboxylic acid groups (broad SMARTS) is 1. The van der Waals surface area contributed by atoms with Gasteiger partial charge in [-0.25, -0.2) is 4.79 Å². The minimum absolute atomic E-state index is 0.0571. The van der Waals surface area contributed by atoms with Crippen molar-refractivity contribution in [2.24, 2.45) is 0 Å². The van der Waals surface area contributed by atoms with Gasteiger partial charge in [0.15, 0.2) is 0 Å². The van der Waals surface area contributed by atoms with Gasteiger partial charge in [0.2, 0.25) is 0 Å². The van der Waals surface area contributed by atoms with Gasteiger partial charge in [-0.15, -0.1) is 0 Å². The Kier molecular flexibility index (Phi) is 4.00. The Labute approximate surface area is 100 Å². The molecule has 0 spiro atoms. The van der Waals surface area contributed by atoms with Crippen molar-refractivity contribution in [2.75, 3.05) is 0 Å². The molecule has 0 atom stereocenters. The predicted octanol–water partition coefficient (Wildman–Crippen LogP) is 3.01. The summed E-state index contributed by atoms with van der Waals surface area (Å²) in [5, 5.41) is 19.6. The smallest absolute Gasteiger partial charge is 0.335 e. The summed E-state index contributed by atoms with van der Waals surface area (Å²) in [7, 11) is 0. The average Bonchev–Trinajstić information content (AvgIpc) is 2.20. The van der Waals surface area contributed by atoms with Crippen LogP contribution in [0.25, 0.3) is 0 Å². The standard InChI is InChI=1S/C10H10BrNO4/c1-2-3-6-4-7(10(13)14)5-8(9(6)11)12(15)16/h4-5H,2-3H2,1H3,(H,13,14). The second kappa shape index (κ2) is 5.07. The normalized spacial score (nSPS) is 10.1. The van der Waals surface area contributed by atoms with Gasteiger partial charge < -0.3 is 5.11 Å². The van der Waals surface area contributed by atoms with Crippen molar-refractivity contribution in [2.45, 2.75) is 19.8 Å². The first kappa shape index (κ1) is 12.6. The molecule has 0 aromatic heterocycles. The summed E-state index contributed by atoms with van der Waals surface area (Å²) in [6.07, 6.45) is 1.39. The summed E-state index contributed by atoms with van der Waals surface area (Å²) in [5.74, 6) is -1.16. The van der Waals surface area contributed by atoms with Crippen molar-refractivity contribution in [3.05, 3.63) is 37.8 Å². The summed E-state index contributed by atoms with van der Waals surface area (Å²) in [6, 6.07) is 2.52. The van der Waals surface area contributed by atoms with Crippen molar-refractivity contribution in [3.8, 4) is 0 Å². The third kappa shape index (κ3) is 2.57. The molecule has 0 aliphatic heterocycles. The SMILES string of the molecule is CCCc1cc(C(=O)O)cc([N+](=O)[O-])c1Br. The van der Waals surface area contributed by atoms with Gasteiger partial charge in [0.05, 0.1) is 15.0 Å². The number of halogens is 1. The zero-order valence-electron chi connectivity index (χ0n) is 8.57. The number of aryl methyl sites for hydroxylation is 1. The van der Waals surface area contributed by atoms with Crippen LogP contribution in [0, 0.1) is 10.1 Å². The molecule has 0 bridgehead atoms. The lowest BCUT2D eigenvalue weighted by atomic mass is 10.1. The number of carboxylic acids is 1. The molecule has 86 valence electrons. The molecule has 0 radical (unpaired) electrons. The average molecular weight is 288 g/mol. The summed E-state index contributed by atoms with van der Waals surface area (Å²) >= 11 is 3.13. The van der Waals surface area contributed by atoms with Gasteiger partial charge in [-0.05, 0) is 34.0 Å². The predicted molar refractivity (Wildman–Crippen MR) is 61.8 cm³/mol. The third-order valence-electron chi connectivity index (χ3n) is 2.09. The van der Waals surface area contributed by atoms with E-state index in [1.807, 2.05) is 6.92 Å². The second-order valence-corrected chi connectivity index (χ2v) is 4.07. The molecule has 1 aromatic carbocycles. The quantitative estimate of drug-likeness (QED) is 0.682. The minimum Gasteiger partial charge on any atom is -0.478 e. The Morgan fingerprint density at radius 2 is 2.19 bits per heavy atom. The second-order valence-electron chi connectivity index (χ2n) is 3.28. The van der Waals surface area contributed by atoms with Crippen molar-refractivity contribution < 1.29 is 14.8 Å². The van der Waals surface area contributed by atoms with E-state index >= 15 is 0 Å². The van der Waals surface area contributed by atoms with Crippen LogP contribution in [0.3, 0.4) is 0 Å². The number of carbonyl (C=O) groups is 1. The zero-order chi connectivity index (χ0) is 12.3. The van der Waals surface area contributed by atoms with Gasteiger partial charge in [0, 0.05) is 6.07 Å². The highest BCUT2D eigenvalue weighted by molar-refractivity contribution is 9.10. The number of hydrogen-bond acceptors (Lipinski definition) is 3. The van der Waals surface area contributed by atoms with E-state index in [2.05, 4.69) is 15.9 Å². The van der Waals surface area contributed by atoms with Gasteiger partial charge in [-0.3, -0.25) is 10.1 Å². The van der Waals surface area contributed by atoms with E-state index in [-0.39, 0.29) is 11.3 Å². The van der Waals surface area contributed by atoms with E-state index < -0.39 is 10.9 Å². The molecular weight excluding hydrogens is 278 g/mol. The molecule has 0 aliphatic carbocycles. The first-order valence-corrected chi connectivity index (χ1v) is 5.46. The highest BCUT2D eigenvalue weighted by Gasteiger charge is 2.19. The number of aromatic carboxylic acids is 1. The molecule has 0 unspecified atom stereocenters. The molecule has 1 rings (SSSR count). The lowest BCUT2D eigenvalue weighted by Gasteiger charge is -2.05. The van der Waals surface area contributed by atoms with E-state index in [0.29, 0.717) is 16.5 Å². The van der Waals surface area contributed by atoms with E-state index in [9.17, 15) is 14.9 Å². The first-order chi connectivity index (χ1) is 7.47. The number of hydrogen-bond donors (Lipinski definition) is 1. The zero-order valence-corrected chi connectivity index (χ0v) is 10.2. The van der Waals surface area contributed by atoms with E-state index in [4.69, 9.17) is 5.11 Å². The maximum absolute atomic E-state index is 10.8. The third-order valence-corrected chi connectivity index (χ3v) is 3.01. The fraction of sp³-hybridized carbons (Fsp3) is 0.300. The van der Waals surface area contributed by atoms with E-state index in [1.165, 1.54) is 6.07 Å². The van der Waals surface area contributed by atoms with Gasteiger partial charge in [0.25, 0.3) is 5.69 Å². The fourth-order valence-corrected chi connectivity index (χ4v) is 1.95. The fourth-order valence-electron chi connectivity index (χ4n) is 1.38. The molecule has 1 aromatic rings. The Morgan fingerprint density at radius 3 is 2.62 bits per heavy atom. The van der Waals surface area contributed by atoms with Crippen molar-refractivity contribution >= 4 is 27.6 Å². The Balaban J connectivity index is 3.38. The van der Waals surface area contributed by atoms with Gasteiger partial charge in [-0.2, -0.15) is 0 Å². The van der Waals surface area contributed by atoms with Crippen LogP contribution < -0.4 is 0 Å². The summed E-state index contributed by atoms with van der Waals surface area (Å²) < 4.78 is 0.365. The van der Waals surface area contributed by atoms with Crippen molar-refractivity contribution in [3.63, 3.8) is 0 Å². The van der Waals surface area contributed by atoms with E-state index in [1.54, 1.807) is 0 Å². The lowest BCUT2D eigenvalue weighted by Crippen LogP contribution is -2.02. The number of nitrogens with zero attached hydrogens (tertiary/aromatic N) is 1. The van der Waals surface area contributed by atoms with Crippen LogP contribution in [-0.2, 0) is 6.42 Å². The minimum atomic E-state index is -1.16. The van der Waals surface area contributed by atoms with E-state index in [0.717, 1.165) is 12.5 Å². The Bertz CT molecular complexity index is 445. The highest BCUT2D eigenvalue weighted by atomic mass is 79.9. The van der Waals surface area contributed by atoms with Crippen LogP contribution >= 0.6 is 15.9 Å². The largest absolute Gasteiger partial charge is 0.478 e. The van der Waals surface area contributed by atoms with Crippen LogP contribution in [0.4, 0.5) is 5.69 Å². The van der Waals surface area contributed by atoms with Crippen molar-refractivity contribution in [1.82, 2.24) is 0 Å². The molecule has 0 heterocycles. The molecule has 6 heteroatoms. The molecule has 5 nitrogen and oxygen atoms in total. The highest BCUT2D eigenvalue weighted by Crippen LogP contribution is 2.31. The monoisotopic (exact) mass is 287 g/mol. The first-order valence-electron chi connectivity index (χ1n) is 4.67. The molecular formula is C10H10BrNO4. The van der Waals surface area contributed by atoms with Gasteiger partial charge in [0.1, 0.15) is 0 Å². The topological polar surface area (TPSA) is 80.4 Å². The Hall–Kier alpha value is -1.43. The molecule has 0 aliphatic rings. The van der Waals surface area contributed by atoms with Gasteiger partial charge >= 0.3 is 5.97 Å². The number of rotatable bonds is 4. The summed E-state index contributed by atoms with van der Waals surface area (Å²) in [5.41, 5.74) is 0.385. The van der Waals surface area contributed by atoms with Crippen molar-refractivity contribution in [1.29, 1.82) is 0 Å². The number of nitro groups is 1. The number of benzene rings is 1. The molecule has 0 saturated heterocycles.